The number of ether oxygens (including phenoxy) is 2. The Morgan fingerprint density at radius 2 is 2.08 bits per heavy atom. The number of amides is 1. The Morgan fingerprint density at radius 3 is 2.58 bits per heavy atom. The standard InChI is InChI=1S/C17H22ClNO5/c1-4-24-15-13(18)7-11(8-14(15)23-3)16(20)19(12-5-6-12)9-10(2)17(21)22/h7-8,10,12H,4-6,9H2,1-3H3,(H,21,22). The van der Waals surface area contributed by atoms with Gasteiger partial charge in [0.15, 0.2) is 11.5 Å². The number of carbonyl (C=O) groups is 2. The van der Waals surface area contributed by atoms with Crippen LogP contribution in [0, 0.1) is 5.92 Å². The molecule has 0 spiro atoms. The second-order valence-electron chi connectivity index (χ2n) is 5.85. The van der Waals surface area contributed by atoms with Crippen LogP contribution >= 0.6 is 11.6 Å². The third-order valence-corrected chi connectivity index (χ3v) is 4.19. The molecule has 1 aromatic rings. The number of carboxylic acids is 1. The first-order valence-corrected chi connectivity index (χ1v) is 8.30. The molecule has 7 heteroatoms. The number of hydrogen-bond donors (Lipinski definition) is 1. The monoisotopic (exact) mass is 355 g/mol. The number of benzene rings is 1. The van der Waals surface area contributed by atoms with E-state index in [4.69, 9.17) is 26.2 Å². The predicted octanol–water partition coefficient (Wildman–Crippen LogP) is 3.07. The third-order valence-electron chi connectivity index (χ3n) is 3.91. The summed E-state index contributed by atoms with van der Waals surface area (Å²) < 4.78 is 10.7. The van der Waals surface area contributed by atoms with Crippen molar-refractivity contribution in [1.82, 2.24) is 4.90 Å². The summed E-state index contributed by atoms with van der Waals surface area (Å²) in [5.74, 6) is -1.01. The minimum absolute atomic E-state index is 0.0932. The van der Waals surface area contributed by atoms with Gasteiger partial charge in [0.25, 0.3) is 5.91 Å². The molecule has 0 aromatic heterocycles. The zero-order chi connectivity index (χ0) is 17.9. The summed E-state index contributed by atoms with van der Waals surface area (Å²) in [5.41, 5.74) is 0.366. The van der Waals surface area contributed by atoms with E-state index in [0.717, 1.165) is 12.8 Å². The molecule has 0 radical (unpaired) electrons. The van der Waals surface area contributed by atoms with Gasteiger partial charge < -0.3 is 19.5 Å². The topological polar surface area (TPSA) is 76.1 Å². The van der Waals surface area contributed by atoms with Crippen LogP contribution in [0.5, 0.6) is 11.5 Å². The highest BCUT2D eigenvalue weighted by atomic mass is 35.5. The molecule has 24 heavy (non-hydrogen) atoms. The lowest BCUT2D eigenvalue weighted by molar-refractivity contribution is -0.141. The summed E-state index contributed by atoms with van der Waals surface area (Å²) in [7, 11) is 1.48. The van der Waals surface area contributed by atoms with E-state index < -0.39 is 11.9 Å². The quantitative estimate of drug-likeness (QED) is 0.775. The highest BCUT2D eigenvalue weighted by molar-refractivity contribution is 6.32. The molecule has 1 fully saturated rings. The minimum atomic E-state index is -0.921. The lowest BCUT2D eigenvalue weighted by atomic mass is 10.1. The molecule has 1 aromatic carbocycles. The highest BCUT2D eigenvalue weighted by Crippen LogP contribution is 2.37. The lowest BCUT2D eigenvalue weighted by Gasteiger charge is -2.25. The molecule has 1 unspecified atom stereocenters. The maximum Gasteiger partial charge on any atom is 0.308 e. The van der Waals surface area contributed by atoms with Crippen molar-refractivity contribution in [2.75, 3.05) is 20.3 Å². The van der Waals surface area contributed by atoms with Crippen LogP contribution in [-0.2, 0) is 4.79 Å². The van der Waals surface area contributed by atoms with E-state index in [2.05, 4.69) is 0 Å². The zero-order valence-electron chi connectivity index (χ0n) is 14.0. The Kier molecular flexibility index (Phi) is 5.94. The predicted molar refractivity (Wildman–Crippen MR) is 90.0 cm³/mol. The Bertz CT molecular complexity index is 630. The molecule has 1 saturated carbocycles. The number of methoxy groups -OCH3 is 1. The summed E-state index contributed by atoms with van der Waals surface area (Å²) >= 11 is 6.22. The fourth-order valence-electron chi connectivity index (χ4n) is 2.45. The van der Waals surface area contributed by atoms with E-state index in [0.29, 0.717) is 28.7 Å². The highest BCUT2D eigenvalue weighted by Gasteiger charge is 2.35. The van der Waals surface area contributed by atoms with Crippen LogP contribution in [0.3, 0.4) is 0 Å². The number of halogens is 1. The number of rotatable bonds is 8. The largest absolute Gasteiger partial charge is 0.493 e. The van der Waals surface area contributed by atoms with Crippen LogP contribution in [0.2, 0.25) is 5.02 Å². The molecule has 0 saturated heterocycles. The SMILES string of the molecule is CCOc1c(Cl)cc(C(=O)N(CC(C)C(=O)O)C2CC2)cc1OC. The molecule has 1 amide bonds. The molecule has 132 valence electrons. The normalized spacial score (nSPS) is 14.8. The van der Waals surface area contributed by atoms with Gasteiger partial charge in [0.1, 0.15) is 0 Å². The van der Waals surface area contributed by atoms with Gasteiger partial charge in [-0.25, -0.2) is 0 Å². The van der Waals surface area contributed by atoms with Crippen LogP contribution in [0.1, 0.15) is 37.0 Å². The molecule has 1 atom stereocenters. The van der Waals surface area contributed by atoms with Crippen molar-refractivity contribution in [3.8, 4) is 11.5 Å². The Labute approximate surface area is 146 Å². The van der Waals surface area contributed by atoms with Gasteiger partial charge in [0, 0.05) is 18.2 Å². The summed E-state index contributed by atoms with van der Waals surface area (Å²) in [4.78, 5) is 25.6. The first kappa shape index (κ1) is 18.4. The molecule has 6 nitrogen and oxygen atoms in total. The summed E-state index contributed by atoms with van der Waals surface area (Å²) in [6, 6.07) is 3.22. The molecule has 0 bridgehead atoms. The van der Waals surface area contributed by atoms with Crippen molar-refractivity contribution in [1.29, 1.82) is 0 Å². The Balaban J connectivity index is 2.29. The maximum atomic E-state index is 12.9. The van der Waals surface area contributed by atoms with Crippen molar-refractivity contribution >= 4 is 23.5 Å². The second kappa shape index (κ2) is 7.75. The average molecular weight is 356 g/mol. The number of carboxylic acid groups (broad SMARTS) is 1. The van der Waals surface area contributed by atoms with E-state index in [9.17, 15) is 9.59 Å². The van der Waals surface area contributed by atoms with Gasteiger partial charge in [-0.05, 0) is 31.9 Å². The van der Waals surface area contributed by atoms with E-state index in [1.165, 1.54) is 13.2 Å². The van der Waals surface area contributed by atoms with Gasteiger partial charge in [-0.1, -0.05) is 18.5 Å². The van der Waals surface area contributed by atoms with E-state index in [1.807, 2.05) is 6.92 Å². The van der Waals surface area contributed by atoms with Gasteiger partial charge in [0.05, 0.1) is 24.7 Å². The lowest BCUT2D eigenvalue weighted by Crippen LogP contribution is -2.38. The van der Waals surface area contributed by atoms with E-state index in [1.54, 1.807) is 17.9 Å². The molecule has 2 rings (SSSR count). The van der Waals surface area contributed by atoms with Crippen LogP contribution < -0.4 is 9.47 Å². The van der Waals surface area contributed by atoms with Gasteiger partial charge in [0.2, 0.25) is 0 Å². The van der Waals surface area contributed by atoms with Crippen LogP contribution in [0.25, 0.3) is 0 Å². The number of carbonyl (C=O) groups excluding carboxylic acids is 1. The zero-order valence-corrected chi connectivity index (χ0v) is 14.8. The number of aliphatic carboxylic acids is 1. The van der Waals surface area contributed by atoms with Crippen molar-refractivity contribution in [3.63, 3.8) is 0 Å². The van der Waals surface area contributed by atoms with Gasteiger partial charge >= 0.3 is 5.97 Å². The second-order valence-corrected chi connectivity index (χ2v) is 6.26. The molecule has 1 aliphatic carbocycles. The van der Waals surface area contributed by atoms with E-state index in [-0.39, 0.29) is 18.5 Å². The third kappa shape index (κ3) is 4.12. The smallest absolute Gasteiger partial charge is 0.308 e. The Morgan fingerprint density at radius 1 is 1.42 bits per heavy atom. The van der Waals surface area contributed by atoms with Gasteiger partial charge in [-0.3, -0.25) is 9.59 Å². The summed E-state index contributed by atoms with van der Waals surface area (Å²) in [5, 5.41) is 9.40. The fraction of sp³-hybridized carbons (Fsp3) is 0.529. The molecule has 0 aliphatic heterocycles. The van der Waals surface area contributed by atoms with Crippen molar-refractivity contribution < 1.29 is 24.2 Å². The van der Waals surface area contributed by atoms with Crippen LogP contribution in [-0.4, -0.2) is 48.2 Å². The number of nitrogens with zero attached hydrogens (tertiary/aromatic N) is 1. The van der Waals surface area contributed by atoms with Crippen LogP contribution in [0.4, 0.5) is 0 Å². The minimum Gasteiger partial charge on any atom is -0.493 e. The van der Waals surface area contributed by atoms with Crippen LogP contribution in [0.15, 0.2) is 12.1 Å². The molecular weight excluding hydrogens is 334 g/mol. The first-order chi connectivity index (χ1) is 11.4. The van der Waals surface area contributed by atoms with Gasteiger partial charge in [-0.15, -0.1) is 0 Å². The Hall–Kier alpha value is -1.95. The van der Waals surface area contributed by atoms with E-state index >= 15 is 0 Å². The summed E-state index contributed by atoms with van der Waals surface area (Å²) in [6.07, 6.45) is 1.78. The molecule has 1 aliphatic rings. The molecule has 1 N–H and O–H groups in total. The van der Waals surface area contributed by atoms with Gasteiger partial charge in [-0.2, -0.15) is 0 Å². The van der Waals surface area contributed by atoms with Crippen molar-refractivity contribution in [2.45, 2.75) is 32.7 Å². The molecular formula is C17H22ClNO5. The summed E-state index contributed by atoms with van der Waals surface area (Å²) in [6.45, 7) is 4.02. The molecule has 0 heterocycles. The van der Waals surface area contributed by atoms with Crippen molar-refractivity contribution in [3.05, 3.63) is 22.7 Å². The average Bonchev–Trinajstić information content (AvgIpc) is 3.38. The maximum absolute atomic E-state index is 12.9. The fourth-order valence-corrected chi connectivity index (χ4v) is 2.72. The van der Waals surface area contributed by atoms with Crippen molar-refractivity contribution in [2.24, 2.45) is 5.92 Å². The first-order valence-electron chi connectivity index (χ1n) is 7.93. The number of hydrogen-bond acceptors (Lipinski definition) is 4.